The van der Waals surface area contributed by atoms with Crippen LogP contribution in [0.3, 0.4) is 0 Å². The molecule has 7 nitrogen and oxygen atoms in total. The van der Waals surface area contributed by atoms with Crippen molar-refractivity contribution < 1.29 is 4.74 Å². The second kappa shape index (κ2) is 3.95. The largest absolute Gasteiger partial charge is 0.464 e. The van der Waals surface area contributed by atoms with E-state index in [-0.39, 0.29) is 12.1 Å². The first-order chi connectivity index (χ1) is 8.72. The number of allylic oxidation sites excluding steroid dienone is 2. The van der Waals surface area contributed by atoms with Gasteiger partial charge in [-0.05, 0) is 24.3 Å². The Kier molecular flexibility index (Phi) is 2.30. The van der Waals surface area contributed by atoms with Gasteiger partial charge in [0, 0.05) is 0 Å². The number of nitrogen functional groups attached to an aromatic ring is 1. The summed E-state index contributed by atoms with van der Waals surface area (Å²) in [6.07, 6.45) is 8.10. The van der Waals surface area contributed by atoms with Crippen molar-refractivity contribution in [1.29, 1.82) is 5.41 Å². The monoisotopic (exact) mass is 242 g/mol. The lowest BCUT2D eigenvalue weighted by molar-refractivity contribution is 0.287. The molecule has 2 aromatic rings. The molecule has 0 aromatic carbocycles. The minimum atomic E-state index is -0.278. The van der Waals surface area contributed by atoms with Gasteiger partial charge in [0.05, 0.1) is 12.0 Å². The summed E-state index contributed by atoms with van der Waals surface area (Å²) in [5.74, 6) is 0.462. The number of ether oxygens (including phenoxy) is 1. The number of aromatic amines is 1. The summed E-state index contributed by atoms with van der Waals surface area (Å²) in [6, 6.07) is 0. The molecule has 2 aromatic heterocycles. The maximum Gasteiger partial charge on any atom is 0.246 e. The third-order valence-electron chi connectivity index (χ3n) is 2.45. The molecular weight excluding hydrogens is 232 g/mol. The third kappa shape index (κ3) is 1.81. The number of nitrogens with one attached hydrogen (secondary N) is 2. The molecule has 18 heavy (non-hydrogen) atoms. The molecule has 90 valence electrons. The van der Waals surface area contributed by atoms with Gasteiger partial charge in [-0.25, -0.2) is 4.98 Å². The van der Waals surface area contributed by atoms with Gasteiger partial charge in [0.2, 0.25) is 11.8 Å². The maximum absolute atomic E-state index is 7.41. The van der Waals surface area contributed by atoms with Crippen molar-refractivity contribution in [2.24, 2.45) is 0 Å². The van der Waals surface area contributed by atoms with E-state index in [4.69, 9.17) is 15.9 Å². The number of H-pyrrole nitrogens is 1. The molecule has 1 aliphatic carbocycles. The predicted molar refractivity (Wildman–Crippen MR) is 66.5 cm³/mol. The minimum absolute atomic E-state index is 0.112. The van der Waals surface area contributed by atoms with E-state index in [9.17, 15) is 0 Å². The standard InChI is InChI=1S/C11H10N6O/c12-6-1-3-7(4-2-6)18-10-8-9(15-5-14-8)16-11(13)17-10/h1-5,7,12H,(H3,13,14,15,16,17). The highest BCUT2D eigenvalue weighted by Gasteiger charge is 2.13. The zero-order valence-electron chi connectivity index (χ0n) is 9.29. The lowest BCUT2D eigenvalue weighted by Gasteiger charge is -2.13. The van der Waals surface area contributed by atoms with Crippen molar-refractivity contribution in [3.05, 3.63) is 30.6 Å². The fourth-order valence-electron chi connectivity index (χ4n) is 1.63. The van der Waals surface area contributed by atoms with Crippen LogP contribution in [0.4, 0.5) is 5.95 Å². The topological polar surface area (TPSA) is 114 Å². The van der Waals surface area contributed by atoms with Crippen LogP contribution in [0.1, 0.15) is 0 Å². The number of hydrogen-bond donors (Lipinski definition) is 3. The molecule has 2 heterocycles. The summed E-state index contributed by atoms with van der Waals surface area (Å²) in [6.45, 7) is 0. The van der Waals surface area contributed by atoms with Crippen molar-refractivity contribution in [3.63, 3.8) is 0 Å². The molecule has 0 amide bonds. The van der Waals surface area contributed by atoms with Crippen molar-refractivity contribution >= 4 is 22.8 Å². The zero-order valence-corrected chi connectivity index (χ0v) is 9.29. The molecule has 4 N–H and O–H groups in total. The second-order valence-corrected chi connectivity index (χ2v) is 3.74. The van der Waals surface area contributed by atoms with E-state index >= 15 is 0 Å². The average molecular weight is 242 g/mol. The first kappa shape index (κ1) is 10.5. The molecule has 0 bridgehead atoms. The van der Waals surface area contributed by atoms with Crippen LogP contribution in [-0.4, -0.2) is 31.8 Å². The third-order valence-corrected chi connectivity index (χ3v) is 2.45. The molecule has 1 aliphatic rings. The van der Waals surface area contributed by atoms with Gasteiger partial charge >= 0.3 is 0 Å². The molecule has 0 saturated heterocycles. The van der Waals surface area contributed by atoms with E-state index in [0.717, 1.165) is 0 Å². The molecule has 0 saturated carbocycles. The maximum atomic E-state index is 7.41. The lowest BCUT2D eigenvalue weighted by atomic mass is 10.1. The number of rotatable bonds is 2. The minimum Gasteiger partial charge on any atom is -0.464 e. The Morgan fingerprint density at radius 1 is 1.28 bits per heavy atom. The molecule has 0 aliphatic heterocycles. The normalized spacial score (nSPS) is 18.4. The summed E-state index contributed by atoms with van der Waals surface area (Å²) in [4.78, 5) is 14.9. The van der Waals surface area contributed by atoms with Gasteiger partial charge in [-0.2, -0.15) is 9.97 Å². The molecule has 0 atom stereocenters. The van der Waals surface area contributed by atoms with E-state index in [1.165, 1.54) is 6.33 Å². The number of nitrogens with zero attached hydrogens (tertiary/aromatic N) is 3. The van der Waals surface area contributed by atoms with Crippen molar-refractivity contribution in [3.8, 4) is 5.88 Å². The van der Waals surface area contributed by atoms with Crippen LogP contribution in [0.2, 0.25) is 0 Å². The summed E-state index contributed by atoms with van der Waals surface area (Å²) >= 11 is 0. The zero-order chi connectivity index (χ0) is 12.5. The SMILES string of the molecule is N=C1C=CC(Oc2nc(N)nc3nc[nH]c23)C=C1. The Balaban J connectivity index is 1.95. The number of imidazole rings is 1. The smallest absolute Gasteiger partial charge is 0.246 e. The van der Waals surface area contributed by atoms with Gasteiger partial charge in [-0.15, -0.1) is 0 Å². The Bertz CT molecular complexity index is 655. The van der Waals surface area contributed by atoms with E-state index < -0.39 is 0 Å². The van der Waals surface area contributed by atoms with Crippen LogP contribution < -0.4 is 10.5 Å². The van der Waals surface area contributed by atoms with Gasteiger partial charge in [-0.3, -0.25) is 0 Å². The number of fused-ring (bicyclic) bond motifs is 1. The van der Waals surface area contributed by atoms with Crippen molar-refractivity contribution in [2.45, 2.75) is 6.10 Å². The lowest BCUT2D eigenvalue weighted by Crippen LogP contribution is -2.15. The van der Waals surface area contributed by atoms with Crippen LogP contribution in [-0.2, 0) is 0 Å². The van der Waals surface area contributed by atoms with Gasteiger partial charge in [0.25, 0.3) is 0 Å². The van der Waals surface area contributed by atoms with E-state index in [0.29, 0.717) is 22.8 Å². The van der Waals surface area contributed by atoms with Crippen molar-refractivity contribution in [2.75, 3.05) is 5.73 Å². The summed E-state index contributed by atoms with van der Waals surface area (Å²) in [7, 11) is 0. The molecule has 0 spiro atoms. The molecular formula is C11H10N6O. The highest BCUT2D eigenvalue weighted by atomic mass is 16.5. The first-order valence-electron chi connectivity index (χ1n) is 5.30. The van der Waals surface area contributed by atoms with Gasteiger partial charge < -0.3 is 20.9 Å². The summed E-state index contributed by atoms with van der Waals surface area (Å²) in [5.41, 5.74) is 7.09. The molecule has 0 radical (unpaired) electrons. The number of nitrogens with two attached hydrogens (primary N) is 1. The second-order valence-electron chi connectivity index (χ2n) is 3.74. The Morgan fingerprint density at radius 3 is 2.83 bits per heavy atom. The quantitative estimate of drug-likeness (QED) is 0.721. The van der Waals surface area contributed by atoms with Crippen LogP contribution in [0.25, 0.3) is 11.2 Å². The van der Waals surface area contributed by atoms with E-state index in [1.54, 1.807) is 24.3 Å². The average Bonchev–Trinajstić information content (AvgIpc) is 2.80. The number of anilines is 1. The molecule has 3 rings (SSSR count). The van der Waals surface area contributed by atoms with Crippen molar-refractivity contribution in [1.82, 2.24) is 19.9 Å². The first-order valence-corrected chi connectivity index (χ1v) is 5.30. The highest BCUT2D eigenvalue weighted by molar-refractivity contribution is 6.02. The number of hydrogen-bond acceptors (Lipinski definition) is 6. The fraction of sp³-hybridized carbons (Fsp3) is 0.0909. The Hall–Kier alpha value is -2.70. The van der Waals surface area contributed by atoms with Gasteiger partial charge in [-0.1, -0.05) is 0 Å². The van der Waals surface area contributed by atoms with E-state index in [2.05, 4.69) is 19.9 Å². The fourth-order valence-corrected chi connectivity index (χ4v) is 1.63. The van der Waals surface area contributed by atoms with Crippen LogP contribution in [0.5, 0.6) is 5.88 Å². The van der Waals surface area contributed by atoms with Crippen LogP contribution in [0.15, 0.2) is 30.6 Å². The molecule has 0 unspecified atom stereocenters. The van der Waals surface area contributed by atoms with Crippen LogP contribution in [0, 0.1) is 5.41 Å². The van der Waals surface area contributed by atoms with Gasteiger partial charge in [0.1, 0.15) is 11.6 Å². The summed E-state index contributed by atoms with van der Waals surface area (Å²) in [5, 5.41) is 7.41. The Labute approximate surface area is 102 Å². The molecule has 0 fully saturated rings. The highest BCUT2D eigenvalue weighted by Crippen LogP contribution is 2.21. The summed E-state index contributed by atoms with van der Waals surface area (Å²) < 4.78 is 5.68. The molecule has 7 heteroatoms. The van der Waals surface area contributed by atoms with Gasteiger partial charge in [0.15, 0.2) is 5.65 Å². The van der Waals surface area contributed by atoms with Crippen LogP contribution >= 0.6 is 0 Å². The Morgan fingerprint density at radius 2 is 2.06 bits per heavy atom. The van der Waals surface area contributed by atoms with E-state index in [1.807, 2.05) is 0 Å². The number of aromatic nitrogens is 4. The predicted octanol–water partition coefficient (Wildman–Crippen LogP) is 0.828.